The molecule has 0 aromatic heterocycles. The van der Waals surface area contributed by atoms with Gasteiger partial charge in [-0.15, -0.1) is 0 Å². The van der Waals surface area contributed by atoms with Crippen LogP contribution in [0.15, 0.2) is 0 Å². The number of carbonyl (C=O) groups excluding carboxylic acids is 2. The van der Waals surface area contributed by atoms with E-state index in [9.17, 15) is 9.59 Å². The van der Waals surface area contributed by atoms with Crippen molar-refractivity contribution in [1.82, 2.24) is 10.2 Å². The summed E-state index contributed by atoms with van der Waals surface area (Å²) in [6.07, 6.45) is 1.72. The fourth-order valence-corrected chi connectivity index (χ4v) is 1.58. The minimum absolute atomic E-state index is 0.0129. The van der Waals surface area contributed by atoms with Crippen molar-refractivity contribution in [2.45, 2.75) is 18.9 Å². The first-order valence-corrected chi connectivity index (χ1v) is 4.15. The molecule has 0 bridgehead atoms. The quantitative estimate of drug-likeness (QED) is 0.508. The third-order valence-electron chi connectivity index (χ3n) is 2.21. The summed E-state index contributed by atoms with van der Waals surface area (Å²) in [7, 11) is 3.10. The molecule has 1 unspecified atom stereocenters. The number of nitrogens with zero attached hydrogens (tertiary/aromatic N) is 1. The fraction of sp³-hybridized carbons (Fsp3) is 0.714. The number of rotatable bonds is 1. The molecule has 0 spiro atoms. The Kier molecular flexibility index (Phi) is 2.73. The van der Waals surface area contributed by atoms with Crippen LogP contribution < -0.4 is 5.32 Å². The van der Waals surface area contributed by atoms with Crippen molar-refractivity contribution < 1.29 is 9.59 Å². The van der Waals surface area contributed by atoms with Gasteiger partial charge in [0, 0.05) is 13.6 Å². The SMILES string of the molecule is BC(=O)N1CCCC1C(=O)NC. The Labute approximate surface area is 72.7 Å². The first-order chi connectivity index (χ1) is 5.66. The van der Waals surface area contributed by atoms with Gasteiger partial charge in [0.05, 0.1) is 0 Å². The number of nitrogens with one attached hydrogen (secondary N) is 1. The van der Waals surface area contributed by atoms with Gasteiger partial charge >= 0.3 is 0 Å². The van der Waals surface area contributed by atoms with E-state index in [1.807, 2.05) is 0 Å². The molecule has 0 aliphatic carbocycles. The monoisotopic (exact) mass is 168 g/mol. The Morgan fingerprint density at radius 1 is 1.58 bits per heavy atom. The van der Waals surface area contributed by atoms with Crippen LogP contribution >= 0.6 is 0 Å². The topological polar surface area (TPSA) is 49.4 Å². The van der Waals surface area contributed by atoms with Gasteiger partial charge < -0.3 is 10.2 Å². The highest BCUT2D eigenvalue weighted by atomic mass is 16.2. The summed E-state index contributed by atoms with van der Waals surface area (Å²) in [5, 5.41) is 2.56. The molecule has 0 aromatic carbocycles. The Hall–Kier alpha value is -0.995. The van der Waals surface area contributed by atoms with Crippen LogP contribution in [0.3, 0.4) is 0 Å². The Morgan fingerprint density at radius 3 is 2.75 bits per heavy atom. The second-order valence-corrected chi connectivity index (χ2v) is 2.98. The van der Waals surface area contributed by atoms with E-state index in [1.165, 1.54) is 7.85 Å². The van der Waals surface area contributed by atoms with Gasteiger partial charge in [-0.2, -0.15) is 0 Å². The second kappa shape index (κ2) is 3.60. The summed E-state index contributed by atoms with van der Waals surface area (Å²) in [4.78, 5) is 23.9. The summed E-state index contributed by atoms with van der Waals surface area (Å²) >= 11 is 0. The van der Waals surface area contributed by atoms with Gasteiger partial charge in [-0.25, -0.2) is 0 Å². The van der Waals surface area contributed by atoms with Crippen LogP contribution in [0.25, 0.3) is 0 Å². The van der Waals surface area contributed by atoms with Gasteiger partial charge in [-0.05, 0) is 12.8 Å². The lowest BCUT2D eigenvalue weighted by Crippen LogP contribution is -2.44. The lowest BCUT2D eigenvalue weighted by molar-refractivity contribution is -0.124. The molecule has 0 radical (unpaired) electrons. The number of hydrogen-bond acceptors (Lipinski definition) is 2. The summed E-state index contributed by atoms with van der Waals surface area (Å²) in [5.41, 5.74) is 0. The molecule has 2 amide bonds. The smallest absolute Gasteiger partial charge is 0.242 e. The maximum Gasteiger partial charge on any atom is 0.242 e. The first-order valence-electron chi connectivity index (χ1n) is 4.15. The van der Waals surface area contributed by atoms with Gasteiger partial charge in [0.25, 0.3) is 0 Å². The zero-order chi connectivity index (χ0) is 9.14. The number of likely N-dealkylation sites (tertiary alicyclic amines) is 1. The summed E-state index contributed by atoms with van der Waals surface area (Å²) in [6.45, 7) is 0.716. The molecule has 1 aliphatic rings. The number of likely N-dealkylation sites (N-methyl/N-ethyl adjacent to an activating group) is 1. The van der Waals surface area contributed by atoms with E-state index in [0.717, 1.165) is 12.8 Å². The van der Waals surface area contributed by atoms with Crippen LogP contribution in [0.1, 0.15) is 12.8 Å². The van der Waals surface area contributed by atoms with Crippen LogP contribution in [0.5, 0.6) is 0 Å². The molecule has 0 aromatic rings. The summed E-state index contributed by atoms with van der Waals surface area (Å²) in [5.74, 6) is -0.0659. The van der Waals surface area contributed by atoms with E-state index in [0.29, 0.717) is 6.54 Å². The molecule has 1 saturated heterocycles. The number of amides is 2. The van der Waals surface area contributed by atoms with E-state index in [-0.39, 0.29) is 17.8 Å². The Balaban J connectivity index is 2.63. The van der Waals surface area contributed by atoms with Gasteiger partial charge in [0.2, 0.25) is 13.8 Å². The predicted octanol–water partition coefficient (Wildman–Crippen LogP) is -1.05. The second-order valence-electron chi connectivity index (χ2n) is 2.98. The minimum Gasteiger partial charge on any atom is -0.357 e. The average Bonchev–Trinajstić information content (AvgIpc) is 2.50. The molecule has 1 N–H and O–H groups in total. The summed E-state index contributed by atoms with van der Waals surface area (Å²) < 4.78 is 0. The van der Waals surface area contributed by atoms with Crippen molar-refractivity contribution in [3.05, 3.63) is 0 Å². The fourth-order valence-electron chi connectivity index (χ4n) is 1.58. The zero-order valence-electron chi connectivity index (χ0n) is 7.46. The van der Waals surface area contributed by atoms with Gasteiger partial charge in [0.15, 0.2) is 5.81 Å². The van der Waals surface area contributed by atoms with Crippen LogP contribution in [-0.4, -0.2) is 44.1 Å². The van der Waals surface area contributed by atoms with E-state index in [2.05, 4.69) is 5.32 Å². The molecular formula is C7H13BN2O2. The van der Waals surface area contributed by atoms with E-state index < -0.39 is 0 Å². The third kappa shape index (κ3) is 1.60. The summed E-state index contributed by atoms with van der Waals surface area (Å²) in [6, 6.07) is -0.229. The molecule has 0 saturated carbocycles. The standard InChI is InChI=1S/C7H13BN2O2/c1-9-6(11)5-3-2-4-10(5)7(8)12/h5H,2-4,8H2,1H3,(H,9,11). The molecule has 1 atom stereocenters. The molecule has 1 rings (SSSR count). The van der Waals surface area contributed by atoms with E-state index in [1.54, 1.807) is 11.9 Å². The minimum atomic E-state index is -0.229. The number of hydrogen-bond donors (Lipinski definition) is 1. The van der Waals surface area contributed by atoms with Crippen LogP contribution in [0.2, 0.25) is 0 Å². The normalized spacial score (nSPS) is 22.4. The molecule has 4 nitrogen and oxygen atoms in total. The number of carbonyl (C=O) groups is 2. The van der Waals surface area contributed by atoms with Gasteiger partial charge in [-0.1, -0.05) is 0 Å². The molecule has 12 heavy (non-hydrogen) atoms. The zero-order valence-corrected chi connectivity index (χ0v) is 7.46. The molecule has 1 fully saturated rings. The highest BCUT2D eigenvalue weighted by Crippen LogP contribution is 2.16. The van der Waals surface area contributed by atoms with Crippen molar-refractivity contribution in [2.75, 3.05) is 13.6 Å². The van der Waals surface area contributed by atoms with Crippen molar-refractivity contribution in [2.24, 2.45) is 0 Å². The molecular weight excluding hydrogens is 155 g/mol. The van der Waals surface area contributed by atoms with Crippen LogP contribution in [0, 0.1) is 0 Å². The maximum absolute atomic E-state index is 11.2. The van der Waals surface area contributed by atoms with Crippen molar-refractivity contribution in [3.8, 4) is 0 Å². The molecule has 5 heteroatoms. The first kappa shape index (κ1) is 9.10. The van der Waals surface area contributed by atoms with Crippen LogP contribution in [0.4, 0.5) is 4.79 Å². The third-order valence-corrected chi connectivity index (χ3v) is 2.21. The van der Waals surface area contributed by atoms with Crippen molar-refractivity contribution in [3.63, 3.8) is 0 Å². The lowest BCUT2D eigenvalue weighted by Gasteiger charge is -2.21. The predicted molar refractivity (Wildman–Crippen MR) is 47.7 cm³/mol. The van der Waals surface area contributed by atoms with E-state index >= 15 is 0 Å². The molecule has 1 heterocycles. The maximum atomic E-state index is 11.2. The Bertz CT molecular complexity index is 208. The highest BCUT2D eigenvalue weighted by Gasteiger charge is 2.30. The van der Waals surface area contributed by atoms with Crippen molar-refractivity contribution >= 4 is 19.6 Å². The van der Waals surface area contributed by atoms with E-state index in [4.69, 9.17) is 0 Å². The largest absolute Gasteiger partial charge is 0.357 e. The van der Waals surface area contributed by atoms with Gasteiger partial charge in [0.1, 0.15) is 6.04 Å². The van der Waals surface area contributed by atoms with Crippen LogP contribution in [-0.2, 0) is 4.79 Å². The lowest BCUT2D eigenvalue weighted by atomic mass is 10.1. The highest BCUT2D eigenvalue weighted by molar-refractivity contribution is 6.57. The van der Waals surface area contributed by atoms with Crippen molar-refractivity contribution in [1.29, 1.82) is 0 Å². The van der Waals surface area contributed by atoms with Gasteiger partial charge in [-0.3, -0.25) is 9.59 Å². The average molecular weight is 168 g/mol. The molecule has 66 valence electrons. The molecule has 1 aliphatic heterocycles. The Morgan fingerprint density at radius 2 is 2.25 bits per heavy atom.